The van der Waals surface area contributed by atoms with Crippen LogP contribution in [0.1, 0.15) is 0 Å². The maximum atomic E-state index is 5.59. The lowest BCUT2D eigenvalue weighted by Crippen LogP contribution is -2.10. The van der Waals surface area contributed by atoms with Gasteiger partial charge < -0.3 is 13.8 Å². The maximum absolute atomic E-state index is 5.59. The first kappa shape index (κ1) is 17.1. The van der Waals surface area contributed by atoms with Crippen LogP contribution in [0.15, 0.2) is 75.9 Å². The molecule has 0 aliphatic rings. The van der Waals surface area contributed by atoms with Crippen molar-refractivity contribution in [2.24, 2.45) is 0 Å². The van der Waals surface area contributed by atoms with E-state index in [2.05, 4.69) is 20.1 Å². The SMILES string of the molecule is CN(C)c1cc(-c2noc(-c3coc(-c4ccccc4)n3)n2)c2ccccc2n1. The molecule has 0 amide bonds. The highest BCUT2D eigenvalue weighted by Crippen LogP contribution is 2.31. The van der Waals surface area contributed by atoms with Crippen LogP contribution >= 0.6 is 0 Å². The van der Waals surface area contributed by atoms with Gasteiger partial charge >= 0.3 is 0 Å². The van der Waals surface area contributed by atoms with Crippen molar-refractivity contribution in [3.05, 3.63) is 66.9 Å². The van der Waals surface area contributed by atoms with Crippen molar-refractivity contribution in [1.29, 1.82) is 0 Å². The Morgan fingerprint density at radius 1 is 0.828 bits per heavy atom. The average Bonchev–Trinajstić information content (AvgIpc) is 3.43. The van der Waals surface area contributed by atoms with Crippen LogP contribution in [0.3, 0.4) is 0 Å². The van der Waals surface area contributed by atoms with Crippen LogP contribution in [0, 0.1) is 0 Å². The van der Waals surface area contributed by atoms with Gasteiger partial charge in [-0.05, 0) is 24.3 Å². The van der Waals surface area contributed by atoms with Crippen molar-refractivity contribution in [2.45, 2.75) is 0 Å². The molecule has 0 N–H and O–H groups in total. The van der Waals surface area contributed by atoms with E-state index in [1.807, 2.05) is 79.7 Å². The van der Waals surface area contributed by atoms with E-state index in [1.165, 1.54) is 6.26 Å². The monoisotopic (exact) mass is 383 g/mol. The highest BCUT2D eigenvalue weighted by Gasteiger charge is 2.18. The second-order valence-corrected chi connectivity index (χ2v) is 6.77. The molecule has 0 saturated heterocycles. The Balaban J connectivity index is 1.57. The van der Waals surface area contributed by atoms with Gasteiger partial charge in [0.15, 0.2) is 5.69 Å². The second kappa shape index (κ2) is 6.87. The molecule has 0 radical (unpaired) electrons. The Labute approximate surface area is 166 Å². The molecule has 142 valence electrons. The van der Waals surface area contributed by atoms with Gasteiger partial charge in [-0.25, -0.2) is 9.97 Å². The Kier molecular flexibility index (Phi) is 4.05. The molecule has 0 aliphatic heterocycles. The molecule has 0 atom stereocenters. The third kappa shape index (κ3) is 3.12. The quantitative estimate of drug-likeness (QED) is 0.446. The van der Waals surface area contributed by atoms with Gasteiger partial charge in [0.1, 0.15) is 12.1 Å². The number of fused-ring (bicyclic) bond motifs is 1. The van der Waals surface area contributed by atoms with Crippen LogP contribution in [-0.4, -0.2) is 34.2 Å². The molecular weight excluding hydrogens is 366 g/mol. The van der Waals surface area contributed by atoms with E-state index < -0.39 is 0 Å². The van der Waals surface area contributed by atoms with E-state index in [0.717, 1.165) is 27.8 Å². The third-order valence-corrected chi connectivity index (χ3v) is 4.57. The highest BCUT2D eigenvalue weighted by atomic mass is 16.5. The Hall–Kier alpha value is -4.00. The molecule has 7 nitrogen and oxygen atoms in total. The number of para-hydroxylation sites is 1. The first-order chi connectivity index (χ1) is 14.2. The molecule has 5 aromatic rings. The number of nitrogens with zero attached hydrogens (tertiary/aromatic N) is 5. The Morgan fingerprint density at radius 3 is 2.45 bits per heavy atom. The number of rotatable bonds is 4. The van der Waals surface area contributed by atoms with Gasteiger partial charge in [0.05, 0.1) is 5.52 Å². The first-order valence-electron chi connectivity index (χ1n) is 9.11. The van der Waals surface area contributed by atoms with Crippen LogP contribution in [0.2, 0.25) is 0 Å². The molecule has 5 rings (SSSR count). The van der Waals surface area contributed by atoms with Crippen LogP contribution in [-0.2, 0) is 0 Å². The predicted octanol–water partition coefficient (Wildman–Crippen LogP) is 4.67. The van der Waals surface area contributed by atoms with Gasteiger partial charge in [-0.3, -0.25) is 0 Å². The minimum atomic E-state index is 0.304. The molecular formula is C22H17N5O2. The van der Waals surface area contributed by atoms with E-state index in [-0.39, 0.29) is 0 Å². The molecule has 29 heavy (non-hydrogen) atoms. The number of oxazole rings is 1. The lowest BCUT2D eigenvalue weighted by Gasteiger charge is -2.13. The van der Waals surface area contributed by atoms with Crippen LogP contribution in [0.4, 0.5) is 5.82 Å². The summed E-state index contributed by atoms with van der Waals surface area (Å²) >= 11 is 0. The standard InChI is InChI=1S/C22H17N5O2/c1-27(2)19-12-16(15-10-6-7-11-17(15)23-19)20-25-22(29-26-20)18-13-28-21(24-18)14-8-4-3-5-9-14/h3-13H,1-2H3. The highest BCUT2D eigenvalue weighted by molar-refractivity contribution is 5.94. The van der Waals surface area contributed by atoms with Gasteiger partial charge in [0.25, 0.3) is 5.89 Å². The number of hydrogen-bond acceptors (Lipinski definition) is 7. The van der Waals surface area contributed by atoms with E-state index in [1.54, 1.807) is 0 Å². The van der Waals surface area contributed by atoms with E-state index in [4.69, 9.17) is 8.94 Å². The lowest BCUT2D eigenvalue weighted by atomic mass is 10.1. The number of hydrogen-bond donors (Lipinski definition) is 0. The summed E-state index contributed by atoms with van der Waals surface area (Å²) < 4.78 is 11.1. The molecule has 0 aliphatic carbocycles. The Morgan fingerprint density at radius 2 is 1.62 bits per heavy atom. The van der Waals surface area contributed by atoms with Crippen molar-refractivity contribution in [1.82, 2.24) is 20.1 Å². The zero-order valence-electron chi connectivity index (χ0n) is 15.9. The zero-order chi connectivity index (χ0) is 19.8. The molecule has 0 unspecified atom stereocenters. The maximum Gasteiger partial charge on any atom is 0.280 e. The van der Waals surface area contributed by atoms with Gasteiger partial charge in [0.2, 0.25) is 11.7 Å². The predicted molar refractivity (Wildman–Crippen MR) is 110 cm³/mol. The summed E-state index contributed by atoms with van der Waals surface area (Å²) in [5.41, 5.74) is 3.09. The Bertz CT molecular complexity index is 1290. The fourth-order valence-corrected chi connectivity index (χ4v) is 3.10. The van der Waals surface area contributed by atoms with Crippen molar-refractivity contribution in [3.63, 3.8) is 0 Å². The number of aromatic nitrogens is 4. The third-order valence-electron chi connectivity index (χ3n) is 4.57. The summed E-state index contributed by atoms with van der Waals surface area (Å²) in [6.45, 7) is 0. The van der Waals surface area contributed by atoms with Gasteiger partial charge in [-0.1, -0.05) is 41.6 Å². The van der Waals surface area contributed by atoms with Crippen molar-refractivity contribution < 1.29 is 8.94 Å². The summed E-state index contributed by atoms with van der Waals surface area (Å²) in [5.74, 6) is 2.10. The van der Waals surface area contributed by atoms with Crippen LogP contribution < -0.4 is 4.90 Å². The van der Waals surface area contributed by atoms with E-state index >= 15 is 0 Å². The zero-order valence-corrected chi connectivity index (χ0v) is 15.9. The fourth-order valence-electron chi connectivity index (χ4n) is 3.10. The summed E-state index contributed by atoms with van der Waals surface area (Å²) in [4.78, 5) is 15.7. The first-order valence-corrected chi connectivity index (χ1v) is 9.11. The normalized spacial score (nSPS) is 11.1. The summed E-state index contributed by atoms with van der Waals surface area (Å²) in [5, 5.41) is 5.14. The molecule has 0 spiro atoms. The van der Waals surface area contributed by atoms with Crippen LogP contribution in [0.25, 0.3) is 45.3 Å². The second-order valence-electron chi connectivity index (χ2n) is 6.77. The molecule has 3 aromatic heterocycles. The van der Waals surface area contributed by atoms with E-state index in [9.17, 15) is 0 Å². The molecule has 0 saturated carbocycles. The topological polar surface area (TPSA) is 81.1 Å². The molecule has 2 aromatic carbocycles. The summed E-state index contributed by atoms with van der Waals surface area (Å²) in [7, 11) is 3.89. The molecule has 0 fully saturated rings. The molecule has 0 bridgehead atoms. The summed E-state index contributed by atoms with van der Waals surface area (Å²) in [6.07, 6.45) is 1.52. The van der Waals surface area contributed by atoms with Gasteiger partial charge in [-0.15, -0.1) is 0 Å². The van der Waals surface area contributed by atoms with Crippen molar-refractivity contribution >= 4 is 16.7 Å². The lowest BCUT2D eigenvalue weighted by molar-refractivity contribution is 0.431. The minimum absolute atomic E-state index is 0.304. The summed E-state index contributed by atoms with van der Waals surface area (Å²) in [6, 6.07) is 19.5. The molecule has 3 heterocycles. The number of pyridine rings is 1. The molecule has 7 heteroatoms. The number of benzene rings is 2. The van der Waals surface area contributed by atoms with Gasteiger partial charge in [-0.2, -0.15) is 4.98 Å². The van der Waals surface area contributed by atoms with Gasteiger partial charge in [0, 0.05) is 30.6 Å². The van der Waals surface area contributed by atoms with Crippen molar-refractivity contribution in [3.8, 4) is 34.4 Å². The fraction of sp³-hybridized carbons (Fsp3) is 0.0909. The van der Waals surface area contributed by atoms with Crippen molar-refractivity contribution in [2.75, 3.05) is 19.0 Å². The van der Waals surface area contributed by atoms with E-state index in [0.29, 0.717) is 23.3 Å². The van der Waals surface area contributed by atoms with Crippen LogP contribution in [0.5, 0.6) is 0 Å². The average molecular weight is 383 g/mol. The number of anilines is 1. The minimum Gasteiger partial charge on any atom is -0.444 e. The smallest absolute Gasteiger partial charge is 0.280 e. The largest absolute Gasteiger partial charge is 0.444 e.